The van der Waals surface area contributed by atoms with Gasteiger partial charge in [-0.2, -0.15) is 0 Å². The lowest BCUT2D eigenvalue weighted by atomic mass is 10.0. The number of methoxy groups -OCH3 is 1. The van der Waals surface area contributed by atoms with E-state index in [9.17, 15) is 4.79 Å². The van der Waals surface area contributed by atoms with Crippen molar-refractivity contribution in [3.8, 4) is 5.75 Å². The average Bonchev–Trinajstić information content (AvgIpc) is 3.34. The number of hydrogen-bond acceptors (Lipinski definition) is 8. The van der Waals surface area contributed by atoms with Gasteiger partial charge in [0.05, 0.1) is 12.7 Å². The quantitative estimate of drug-likeness (QED) is 0.579. The summed E-state index contributed by atoms with van der Waals surface area (Å²) in [5.41, 5.74) is 3.30. The van der Waals surface area contributed by atoms with Gasteiger partial charge in [0.1, 0.15) is 11.4 Å². The third-order valence-electron chi connectivity index (χ3n) is 7.04. The van der Waals surface area contributed by atoms with E-state index in [4.69, 9.17) is 9.37 Å². The number of rotatable bonds is 6. The Morgan fingerprint density at radius 2 is 1.74 bits per heavy atom. The second-order valence-electron chi connectivity index (χ2n) is 9.12. The summed E-state index contributed by atoms with van der Waals surface area (Å²) in [6.07, 6.45) is 2.25. The molecule has 2 saturated heterocycles. The highest BCUT2D eigenvalue weighted by Crippen LogP contribution is 2.27. The smallest absolute Gasteiger partial charge is 0.259 e. The van der Waals surface area contributed by atoms with Crippen molar-refractivity contribution in [3.63, 3.8) is 0 Å². The van der Waals surface area contributed by atoms with Crippen LogP contribution in [0.25, 0.3) is 0 Å². The Morgan fingerprint density at radius 1 is 0.971 bits per heavy atom. The lowest BCUT2D eigenvalue weighted by Gasteiger charge is -2.43. The molecule has 2 aliphatic heterocycles. The molecule has 0 unspecified atom stereocenters. The number of carbonyl (C=O) groups is 1. The van der Waals surface area contributed by atoms with Crippen LogP contribution >= 0.6 is 0 Å². The van der Waals surface area contributed by atoms with Crippen molar-refractivity contribution in [2.75, 3.05) is 61.5 Å². The molecule has 9 heteroatoms. The molecule has 184 valence electrons. The Kier molecular flexibility index (Phi) is 6.85. The third-order valence-corrected chi connectivity index (χ3v) is 7.04. The summed E-state index contributed by atoms with van der Waals surface area (Å²) < 4.78 is 10.2. The van der Waals surface area contributed by atoms with Crippen molar-refractivity contribution in [3.05, 3.63) is 59.8 Å². The van der Waals surface area contributed by atoms with Gasteiger partial charge >= 0.3 is 0 Å². The number of nitrogens with one attached hydrogen (secondary N) is 1. The summed E-state index contributed by atoms with van der Waals surface area (Å²) in [5, 5.41) is 11.0. The van der Waals surface area contributed by atoms with Gasteiger partial charge in [-0.15, -0.1) is 0 Å². The number of piperidine rings is 1. The first kappa shape index (κ1) is 23.2. The number of anilines is 3. The minimum atomic E-state index is -0.172. The Labute approximate surface area is 205 Å². The Hall–Kier alpha value is -3.59. The predicted molar refractivity (Wildman–Crippen MR) is 135 cm³/mol. The number of para-hydroxylation sites is 1. The minimum absolute atomic E-state index is 0.172. The van der Waals surface area contributed by atoms with E-state index in [-0.39, 0.29) is 5.91 Å². The van der Waals surface area contributed by atoms with Crippen LogP contribution in [0.15, 0.2) is 53.2 Å². The lowest BCUT2D eigenvalue weighted by molar-refractivity contribution is 0.102. The summed E-state index contributed by atoms with van der Waals surface area (Å²) in [6, 6.07) is 16.0. The fourth-order valence-electron chi connectivity index (χ4n) is 5.11. The molecule has 1 amide bonds. The van der Waals surface area contributed by atoms with E-state index in [0.29, 0.717) is 17.4 Å². The van der Waals surface area contributed by atoms with Gasteiger partial charge in [0, 0.05) is 56.7 Å². The zero-order chi connectivity index (χ0) is 24.2. The first-order valence-corrected chi connectivity index (χ1v) is 12.2. The highest BCUT2D eigenvalue weighted by Gasteiger charge is 2.29. The maximum absolute atomic E-state index is 12.8. The molecule has 1 N–H and O–H groups in total. The number of aromatic nitrogens is 2. The molecule has 9 nitrogen and oxygen atoms in total. The summed E-state index contributed by atoms with van der Waals surface area (Å²) in [6.45, 7) is 7.89. The number of aryl methyl sites for hydroxylation is 1. The predicted octanol–water partition coefficient (Wildman–Crippen LogP) is 3.43. The van der Waals surface area contributed by atoms with E-state index in [2.05, 4.69) is 42.5 Å². The molecular weight excluding hydrogens is 444 g/mol. The largest absolute Gasteiger partial charge is 0.496 e. The second-order valence-corrected chi connectivity index (χ2v) is 9.12. The van der Waals surface area contributed by atoms with Crippen molar-refractivity contribution in [2.45, 2.75) is 25.8 Å². The molecule has 2 aromatic carbocycles. The highest BCUT2D eigenvalue weighted by atomic mass is 16.6. The summed E-state index contributed by atoms with van der Waals surface area (Å²) in [5.74, 6) is 1.27. The van der Waals surface area contributed by atoms with Crippen molar-refractivity contribution in [2.24, 2.45) is 0 Å². The molecule has 0 atom stereocenters. The van der Waals surface area contributed by atoms with Crippen LogP contribution in [0.4, 0.5) is 17.2 Å². The number of nitrogens with zero attached hydrogens (tertiary/aromatic N) is 5. The van der Waals surface area contributed by atoms with E-state index in [1.54, 1.807) is 19.2 Å². The van der Waals surface area contributed by atoms with E-state index in [1.807, 2.05) is 31.2 Å². The topological polar surface area (TPSA) is 87.0 Å². The van der Waals surface area contributed by atoms with E-state index >= 15 is 0 Å². The Bertz CT molecular complexity index is 1150. The third kappa shape index (κ3) is 5.09. The number of piperazine rings is 1. The lowest BCUT2D eigenvalue weighted by Crippen LogP contribution is -2.53. The highest BCUT2D eigenvalue weighted by molar-refractivity contribution is 6.06. The van der Waals surface area contributed by atoms with Crippen LogP contribution in [0, 0.1) is 6.92 Å². The number of amides is 1. The van der Waals surface area contributed by atoms with Gasteiger partial charge in [0.15, 0.2) is 5.82 Å². The fourth-order valence-corrected chi connectivity index (χ4v) is 5.11. The van der Waals surface area contributed by atoms with E-state index in [1.165, 1.54) is 0 Å². The van der Waals surface area contributed by atoms with Gasteiger partial charge in [-0.1, -0.05) is 23.4 Å². The molecule has 2 aliphatic rings. The van der Waals surface area contributed by atoms with Crippen LogP contribution in [-0.2, 0) is 0 Å². The number of carbonyl (C=O) groups excluding carboxylic acids is 1. The molecule has 3 heterocycles. The molecular formula is C26H32N6O3. The van der Waals surface area contributed by atoms with Gasteiger partial charge in [0.25, 0.3) is 5.91 Å². The molecule has 35 heavy (non-hydrogen) atoms. The molecule has 0 aliphatic carbocycles. The zero-order valence-corrected chi connectivity index (χ0v) is 20.3. The van der Waals surface area contributed by atoms with Gasteiger partial charge in [0.2, 0.25) is 0 Å². The SMILES string of the molecule is COc1ccccc1C(=O)Nc1cccc(N2CCC(N3CCN(c4nonc4C)CC3)CC2)c1. The van der Waals surface area contributed by atoms with Crippen molar-refractivity contribution in [1.29, 1.82) is 0 Å². The fraction of sp³-hybridized carbons (Fsp3) is 0.423. The van der Waals surface area contributed by atoms with E-state index < -0.39 is 0 Å². The van der Waals surface area contributed by atoms with Crippen LogP contribution in [0.3, 0.4) is 0 Å². The van der Waals surface area contributed by atoms with Gasteiger partial charge in [-0.25, -0.2) is 4.63 Å². The van der Waals surface area contributed by atoms with Crippen molar-refractivity contribution >= 4 is 23.1 Å². The first-order chi connectivity index (χ1) is 17.1. The second kappa shape index (κ2) is 10.4. The Morgan fingerprint density at radius 3 is 2.46 bits per heavy atom. The average molecular weight is 477 g/mol. The molecule has 0 spiro atoms. The number of hydrogen-bond donors (Lipinski definition) is 1. The minimum Gasteiger partial charge on any atom is -0.496 e. The Balaban J connectivity index is 1.15. The number of ether oxygens (including phenoxy) is 1. The standard InChI is InChI=1S/C26H32N6O3/c1-19-25(29-35-28-19)32-16-14-31(15-17-32)21-10-12-30(13-11-21)22-7-5-6-20(18-22)27-26(33)23-8-3-4-9-24(23)34-2/h3-9,18,21H,10-17H2,1-2H3,(H,27,33). The monoisotopic (exact) mass is 476 g/mol. The number of benzene rings is 2. The van der Waals surface area contributed by atoms with Gasteiger partial charge in [-0.05, 0) is 55.3 Å². The van der Waals surface area contributed by atoms with E-state index in [0.717, 1.165) is 75.0 Å². The van der Waals surface area contributed by atoms with Crippen LogP contribution < -0.4 is 19.9 Å². The summed E-state index contributed by atoms with van der Waals surface area (Å²) in [7, 11) is 1.57. The maximum Gasteiger partial charge on any atom is 0.259 e. The molecule has 1 aromatic heterocycles. The molecule has 2 fully saturated rings. The van der Waals surface area contributed by atoms with Gasteiger partial charge < -0.3 is 19.9 Å². The first-order valence-electron chi connectivity index (χ1n) is 12.2. The molecule has 0 bridgehead atoms. The normalized spacial score (nSPS) is 17.4. The van der Waals surface area contributed by atoms with Crippen LogP contribution in [-0.4, -0.2) is 73.5 Å². The van der Waals surface area contributed by atoms with Gasteiger partial charge in [-0.3, -0.25) is 9.69 Å². The maximum atomic E-state index is 12.8. The molecule has 0 radical (unpaired) electrons. The molecule has 0 saturated carbocycles. The summed E-state index contributed by atoms with van der Waals surface area (Å²) >= 11 is 0. The van der Waals surface area contributed by atoms with Crippen molar-refractivity contribution in [1.82, 2.24) is 15.2 Å². The van der Waals surface area contributed by atoms with Crippen LogP contribution in [0.2, 0.25) is 0 Å². The molecule has 3 aromatic rings. The van der Waals surface area contributed by atoms with Crippen LogP contribution in [0.5, 0.6) is 5.75 Å². The van der Waals surface area contributed by atoms with Crippen LogP contribution in [0.1, 0.15) is 28.9 Å². The van der Waals surface area contributed by atoms with Crippen molar-refractivity contribution < 1.29 is 14.2 Å². The zero-order valence-electron chi connectivity index (χ0n) is 20.3. The molecule has 5 rings (SSSR count). The summed E-state index contributed by atoms with van der Waals surface area (Å²) in [4.78, 5) is 20.1.